The maximum Gasteiger partial charge on any atom is 0.254 e. The fourth-order valence-corrected chi connectivity index (χ4v) is 4.11. The largest absolute Gasteiger partial charge is 0.305 e. The summed E-state index contributed by atoms with van der Waals surface area (Å²) in [6.45, 7) is 2.14. The summed E-state index contributed by atoms with van der Waals surface area (Å²) in [5.74, 6) is 1.06. The Kier molecular flexibility index (Phi) is 6.52. The lowest BCUT2D eigenvalue weighted by Crippen LogP contribution is -2.19. The smallest absolute Gasteiger partial charge is 0.254 e. The van der Waals surface area contributed by atoms with Gasteiger partial charge in [-0.3, -0.25) is 9.78 Å². The molecule has 0 unspecified atom stereocenters. The van der Waals surface area contributed by atoms with Crippen LogP contribution in [0.3, 0.4) is 0 Å². The van der Waals surface area contributed by atoms with Crippen molar-refractivity contribution in [2.75, 3.05) is 0 Å². The summed E-state index contributed by atoms with van der Waals surface area (Å²) in [5.41, 5.74) is 6.10. The van der Waals surface area contributed by atoms with Gasteiger partial charge in [-0.1, -0.05) is 67.9 Å². The number of rotatable bonds is 8. The number of pyridine rings is 1. The fraction of sp³-hybridized carbons (Fsp3) is 0.185. The molecule has 0 aliphatic heterocycles. The highest BCUT2D eigenvalue weighted by Crippen LogP contribution is 2.30. The van der Waals surface area contributed by atoms with E-state index in [1.165, 1.54) is 0 Å². The molecular weight excluding hydrogens is 438 g/mol. The van der Waals surface area contributed by atoms with E-state index >= 15 is 0 Å². The third kappa shape index (κ3) is 4.91. The number of benzene rings is 2. The first-order valence-corrected chi connectivity index (χ1v) is 11.7. The summed E-state index contributed by atoms with van der Waals surface area (Å²) in [6.07, 6.45) is 4.97. The summed E-state index contributed by atoms with van der Waals surface area (Å²) < 4.78 is 0. The molecule has 2 N–H and O–H groups in total. The van der Waals surface area contributed by atoms with Gasteiger partial charge in [-0.15, -0.1) is 10.2 Å². The van der Waals surface area contributed by atoms with Crippen molar-refractivity contribution in [2.45, 2.75) is 32.6 Å². The first kappa shape index (κ1) is 22.3. The average molecular weight is 464 g/mol. The highest BCUT2D eigenvalue weighted by atomic mass is 16.1. The van der Waals surface area contributed by atoms with E-state index < -0.39 is 0 Å². The lowest BCUT2D eigenvalue weighted by molar-refractivity contribution is 0.760. The minimum atomic E-state index is -0.113. The van der Waals surface area contributed by atoms with Crippen LogP contribution < -0.4 is 5.56 Å². The molecule has 0 saturated heterocycles. The van der Waals surface area contributed by atoms with Crippen molar-refractivity contribution in [1.82, 2.24) is 35.6 Å². The van der Waals surface area contributed by atoms with Crippen molar-refractivity contribution in [2.24, 2.45) is 0 Å². The molecule has 0 spiro atoms. The molecule has 2 aromatic carbocycles. The van der Waals surface area contributed by atoms with Crippen LogP contribution in [0.4, 0.5) is 0 Å². The van der Waals surface area contributed by atoms with E-state index in [-0.39, 0.29) is 5.56 Å². The van der Waals surface area contributed by atoms with Gasteiger partial charge in [0.05, 0.1) is 5.69 Å². The molecule has 0 aliphatic rings. The number of unbranched alkanes of at least 4 members (excludes halogenated alkanes) is 1. The molecule has 174 valence electrons. The molecule has 5 aromatic rings. The second kappa shape index (κ2) is 10.2. The molecule has 8 nitrogen and oxygen atoms in total. The zero-order chi connectivity index (χ0) is 24.0. The Bertz CT molecular complexity index is 1460. The molecular formula is C27H25N7O. The van der Waals surface area contributed by atoms with Gasteiger partial charge in [-0.05, 0) is 46.9 Å². The van der Waals surface area contributed by atoms with E-state index in [1.807, 2.05) is 42.5 Å². The van der Waals surface area contributed by atoms with Gasteiger partial charge in [0.15, 0.2) is 5.82 Å². The van der Waals surface area contributed by atoms with E-state index in [9.17, 15) is 4.79 Å². The number of aromatic amines is 2. The number of tetrazole rings is 1. The Morgan fingerprint density at radius 2 is 1.71 bits per heavy atom. The van der Waals surface area contributed by atoms with Crippen LogP contribution in [0.25, 0.3) is 34.0 Å². The lowest BCUT2D eigenvalue weighted by Gasteiger charge is -2.11. The van der Waals surface area contributed by atoms with E-state index in [0.717, 1.165) is 47.2 Å². The van der Waals surface area contributed by atoms with Crippen molar-refractivity contribution >= 4 is 0 Å². The Hall–Kier alpha value is -4.46. The third-order valence-corrected chi connectivity index (χ3v) is 5.93. The standard InChI is InChI=1S/C27H25N7O/c1-2-3-10-23-22(27(35)30-26(29-23)24-11-6-7-16-28-24)17-18-12-14-19(15-13-18)20-8-4-5-9-21(20)25-31-33-34-32-25/h4-9,11-16H,2-3,10,17H2,1H3,(H,29,30,35)(H,31,32,33,34). The molecule has 0 radical (unpaired) electrons. The highest BCUT2D eigenvalue weighted by molar-refractivity contribution is 5.80. The highest BCUT2D eigenvalue weighted by Gasteiger charge is 2.15. The number of H-pyrrole nitrogens is 2. The van der Waals surface area contributed by atoms with Gasteiger partial charge in [-0.2, -0.15) is 5.21 Å². The monoisotopic (exact) mass is 463 g/mol. The van der Waals surface area contributed by atoms with Gasteiger partial charge in [0.2, 0.25) is 5.82 Å². The van der Waals surface area contributed by atoms with Crippen molar-refractivity contribution in [1.29, 1.82) is 0 Å². The van der Waals surface area contributed by atoms with Crippen LogP contribution >= 0.6 is 0 Å². The number of nitrogens with zero attached hydrogens (tertiary/aromatic N) is 5. The number of hydrogen-bond donors (Lipinski definition) is 2. The second-order valence-corrected chi connectivity index (χ2v) is 8.31. The average Bonchev–Trinajstić information content (AvgIpc) is 3.45. The van der Waals surface area contributed by atoms with E-state index in [2.05, 4.69) is 61.8 Å². The molecule has 35 heavy (non-hydrogen) atoms. The van der Waals surface area contributed by atoms with E-state index in [4.69, 9.17) is 4.98 Å². The Balaban J connectivity index is 1.45. The molecule has 0 amide bonds. The van der Waals surface area contributed by atoms with Crippen LogP contribution in [0, 0.1) is 0 Å². The normalized spacial score (nSPS) is 11.0. The minimum absolute atomic E-state index is 0.113. The Labute approximate surface area is 202 Å². The lowest BCUT2D eigenvalue weighted by atomic mass is 9.96. The predicted molar refractivity (Wildman–Crippen MR) is 135 cm³/mol. The summed E-state index contributed by atoms with van der Waals surface area (Å²) >= 11 is 0. The minimum Gasteiger partial charge on any atom is -0.305 e. The molecule has 0 saturated carbocycles. The van der Waals surface area contributed by atoms with Crippen molar-refractivity contribution in [3.63, 3.8) is 0 Å². The molecule has 0 aliphatic carbocycles. The van der Waals surface area contributed by atoms with Gasteiger partial charge >= 0.3 is 0 Å². The zero-order valence-electron chi connectivity index (χ0n) is 19.4. The molecule has 0 fully saturated rings. The summed E-state index contributed by atoms with van der Waals surface area (Å²) in [5, 5.41) is 14.4. The summed E-state index contributed by atoms with van der Waals surface area (Å²) in [7, 11) is 0. The van der Waals surface area contributed by atoms with Crippen molar-refractivity contribution in [3.8, 4) is 34.0 Å². The molecule has 3 heterocycles. The topological polar surface area (TPSA) is 113 Å². The van der Waals surface area contributed by atoms with Gasteiger partial charge in [0.1, 0.15) is 5.69 Å². The van der Waals surface area contributed by atoms with Crippen LogP contribution in [-0.4, -0.2) is 35.6 Å². The van der Waals surface area contributed by atoms with Crippen LogP contribution in [0.5, 0.6) is 0 Å². The molecule has 0 bridgehead atoms. The van der Waals surface area contributed by atoms with E-state index in [1.54, 1.807) is 6.20 Å². The SMILES string of the molecule is CCCCc1nc(-c2ccccn2)[nH]c(=O)c1Cc1ccc(-c2ccccc2-c2nn[nH]n2)cc1. The molecule has 0 atom stereocenters. The van der Waals surface area contributed by atoms with E-state index in [0.29, 0.717) is 29.3 Å². The number of nitrogens with one attached hydrogen (secondary N) is 2. The molecule has 5 rings (SSSR count). The Morgan fingerprint density at radius 1 is 0.914 bits per heavy atom. The van der Waals surface area contributed by atoms with Crippen molar-refractivity contribution in [3.05, 3.63) is 100 Å². The van der Waals surface area contributed by atoms with Crippen LogP contribution in [0.2, 0.25) is 0 Å². The van der Waals surface area contributed by atoms with Gasteiger partial charge in [0.25, 0.3) is 5.56 Å². The van der Waals surface area contributed by atoms with Gasteiger partial charge in [-0.25, -0.2) is 4.98 Å². The predicted octanol–water partition coefficient (Wildman–Crippen LogP) is 4.61. The van der Waals surface area contributed by atoms with Crippen LogP contribution in [0.1, 0.15) is 36.6 Å². The molecule has 8 heteroatoms. The van der Waals surface area contributed by atoms with Crippen LogP contribution in [-0.2, 0) is 12.8 Å². The van der Waals surface area contributed by atoms with Gasteiger partial charge < -0.3 is 4.98 Å². The number of aryl methyl sites for hydroxylation is 1. The summed E-state index contributed by atoms with van der Waals surface area (Å²) in [4.78, 5) is 25.2. The van der Waals surface area contributed by atoms with Crippen molar-refractivity contribution < 1.29 is 0 Å². The first-order valence-electron chi connectivity index (χ1n) is 11.7. The second-order valence-electron chi connectivity index (χ2n) is 8.31. The summed E-state index contributed by atoms with van der Waals surface area (Å²) in [6, 6.07) is 21.8. The number of aromatic nitrogens is 7. The fourth-order valence-electron chi connectivity index (χ4n) is 4.11. The number of hydrogen-bond acceptors (Lipinski definition) is 6. The first-order chi connectivity index (χ1) is 17.2. The third-order valence-electron chi connectivity index (χ3n) is 5.93. The van der Waals surface area contributed by atoms with Gasteiger partial charge in [0, 0.05) is 23.7 Å². The molecule has 3 aromatic heterocycles. The van der Waals surface area contributed by atoms with Crippen LogP contribution in [0.15, 0.2) is 77.7 Å². The zero-order valence-corrected chi connectivity index (χ0v) is 19.4. The maximum atomic E-state index is 13.1. The maximum absolute atomic E-state index is 13.1. The quantitative estimate of drug-likeness (QED) is 0.347. The Morgan fingerprint density at radius 3 is 2.43 bits per heavy atom.